The van der Waals surface area contributed by atoms with Crippen molar-refractivity contribution in [3.63, 3.8) is 0 Å². The molecule has 0 bridgehead atoms. The lowest BCUT2D eigenvalue weighted by molar-refractivity contribution is -0.140. The van der Waals surface area contributed by atoms with Crippen molar-refractivity contribution >= 4 is 12.1 Å². The summed E-state index contributed by atoms with van der Waals surface area (Å²) in [7, 11) is 0. The molecule has 0 aliphatic carbocycles. The third-order valence-corrected chi connectivity index (χ3v) is 0.952. The Kier molecular flexibility index (Phi) is 2.76. The first-order valence-electron chi connectivity index (χ1n) is 5.26. The van der Waals surface area contributed by atoms with Crippen LogP contribution in [0.15, 0.2) is 0 Å². The zero-order chi connectivity index (χ0) is 14.1. The van der Waals surface area contributed by atoms with E-state index in [9.17, 15) is 9.59 Å². The van der Waals surface area contributed by atoms with Gasteiger partial charge in [-0.3, -0.25) is 0 Å². The number of hydrogen-bond acceptors (Lipinski definition) is 4. The molecule has 14 heavy (non-hydrogen) atoms. The summed E-state index contributed by atoms with van der Waals surface area (Å²) in [6.07, 6.45) is -1.31. The highest BCUT2D eigenvalue weighted by Gasteiger charge is 2.22. The Bertz CT molecular complexity index is 322. The van der Waals surface area contributed by atoms with Gasteiger partial charge in [0.2, 0.25) is 0 Å². The fourth-order valence-electron chi connectivity index (χ4n) is 0.535. The molecule has 82 valence electrons. The lowest BCUT2D eigenvalue weighted by Gasteiger charge is -2.21. The first kappa shape index (κ1) is 8.05. The number of carbonyl (C=O) groups excluding carboxylic acids is 1. The molecule has 0 aromatic rings. The van der Waals surface area contributed by atoms with Gasteiger partial charge in [0.05, 0.1) is 10.7 Å². The number of ether oxygens (including phenoxy) is 1. The Morgan fingerprint density at radius 3 is 2.43 bits per heavy atom. The van der Waals surface area contributed by atoms with E-state index in [0.29, 0.717) is 0 Å². The summed E-state index contributed by atoms with van der Waals surface area (Å²) in [6, 6.07) is -3.24. The van der Waals surface area contributed by atoms with Crippen LogP contribution in [0.2, 0.25) is 0 Å². The number of aliphatic carboxylic acids is 1. The predicted octanol–water partition coefficient (Wildman–Crippen LogP) is -0.0434. The Balaban J connectivity index is 4.93. The minimum Gasteiger partial charge on any atom is -0.480 e. The van der Waals surface area contributed by atoms with Crippen LogP contribution in [-0.4, -0.2) is 40.5 Å². The lowest BCUT2D eigenvalue weighted by atomic mass is 10.2. The van der Waals surface area contributed by atoms with Crippen LogP contribution in [0, 0.1) is 0 Å². The average molecular weight is 208 g/mol. The van der Waals surface area contributed by atoms with E-state index in [2.05, 4.69) is 4.74 Å². The first-order valence-corrected chi connectivity index (χ1v) is 3.76. The molecule has 0 rings (SSSR count). The molecule has 1 amide bonds. The molecule has 0 aromatic heterocycles. The zero-order valence-electron chi connectivity index (χ0n) is 11.1. The maximum Gasteiger partial charge on any atom is 0.408 e. The first-order chi connectivity index (χ1) is 7.29. The van der Waals surface area contributed by atoms with Gasteiger partial charge in [-0.15, -0.1) is 0 Å². The van der Waals surface area contributed by atoms with Gasteiger partial charge < -0.3 is 20.3 Å². The van der Waals surface area contributed by atoms with E-state index >= 15 is 0 Å². The molecule has 0 aromatic carbocycles. The molecule has 1 atom stereocenters. The van der Waals surface area contributed by atoms with Gasteiger partial charge in [0.1, 0.15) is 5.60 Å². The molecule has 0 aliphatic heterocycles. The number of hydrogen-bond donors (Lipinski definition) is 3. The van der Waals surface area contributed by atoms with Gasteiger partial charge in [-0.25, -0.2) is 9.59 Å². The summed E-state index contributed by atoms with van der Waals surface area (Å²) in [5.74, 6) is -2.05. The molecule has 0 radical (unpaired) electrons. The molecule has 0 heterocycles. The summed E-state index contributed by atoms with van der Waals surface area (Å²) in [4.78, 5) is 21.9. The van der Waals surface area contributed by atoms with Gasteiger partial charge in [-0.05, 0) is 20.8 Å². The van der Waals surface area contributed by atoms with Gasteiger partial charge in [-0.2, -0.15) is 0 Å². The van der Waals surface area contributed by atoms with Crippen LogP contribution in [-0.2, 0) is 9.53 Å². The highest BCUT2D eigenvalue weighted by atomic mass is 16.6. The molecule has 0 saturated heterocycles. The number of carbonyl (C=O) groups is 2. The topological polar surface area (TPSA) is 95.9 Å². The van der Waals surface area contributed by atoms with E-state index in [1.807, 2.05) is 0 Å². The monoisotopic (exact) mass is 208 g/mol. The molecule has 3 N–H and O–H groups in total. The van der Waals surface area contributed by atoms with Crippen molar-refractivity contribution in [2.75, 3.05) is 6.56 Å². The average Bonchev–Trinajstić information content (AvgIpc) is 1.96. The molecule has 0 fully saturated rings. The Morgan fingerprint density at radius 1 is 1.64 bits per heavy atom. The van der Waals surface area contributed by atoms with E-state index < -0.39 is 30.2 Å². The fourth-order valence-corrected chi connectivity index (χ4v) is 0.535. The number of rotatable bonds is 3. The Labute approximate surface area is 86.1 Å². The van der Waals surface area contributed by atoms with Crippen molar-refractivity contribution in [2.24, 2.45) is 0 Å². The van der Waals surface area contributed by atoms with Crippen molar-refractivity contribution in [2.45, 2.75) is 32.4 Å². The second-order valence-electron chi connectivity index (χ2n) is 3.42. The Hall–Kier alpha value is -1.30. The zero-order valence-corrected chi connectivity index (χ0v) is 8.12. The van der Waals surface area contributed by atoms with Crippen molar-refractivity contribution in [1.29, 1.82) is 0 Å². The molecule has 6 heteroatoms. The van der Waals surface area contributed by atoms with E-state index in [0.717, 1.165) is 0 Å². The van der Waals surface area contributed by atoms with Crippen LogP contribution in [0.5, 0.6) is 0 Å². The van der Waals surface area contributed by atoms with E-state index in [1.54, 1.807) is 0 Å². The van der Waals surface area contributed by atoms with E-state index in [1.165, 1.54) is 26.1 Å². The smallest absolute Gasteiger partial charge is 0.408 e. The fraction of sp³-hybridized carbons (Fsp3) is 0.750. The van der Waals surface area contributed by atoms with Gasteiger partial charge in [-0.1, -0.05) is 0 Å². The quantitative estimate of drug-likeness (QED) is 0.604. The molecule has 0 spiro atoms. The molecular weight excluding hydrogens is 190 g/mol. The van der Waals surface area contributed by atoms with Gasteiger partial charge in [0.25, 0.3) is 0 Å². The summed E-state index contributed by atoms with van der Waals surface area (Å²) < 4.78 is 25.5. The Morgan fingerprint density at radius 2 is 2.14 bits per heavy atom. The number of amides is 1. The van der Waals surface area contributed by atoms with Crippen molar-refractivity contribution in [3.05, 3.63) is 0 Å². The summed E-state index contributed by atoms with van der Waals surface area (Å²) in [6.45, 7) is 1.06. The van der Waals surface area contributed by atoms with E-state index in [-0.39, 0.29) is 0 Å². The maximum atomic E-state index is 11.2. The summed E-state index contributed by atoms with van der Waals surface area (Å²) in [5, 5.41) is 19.1. The third kappa shape index (κ3) is 5.36. The number of carboxylic acid groups (broad SMARTS) is 1. The minimum absolute atomic E-state index is 0.939. The minimum atomic E-state index is -3.46. The van der Waals surface area contributed by atoms with Crippen LogP contribution in [0.1, 0.15) is 24.9 Å². The summed E-state index contributed by atoms with van der Waals surface area (Å²) >= 11 is 0. The molecule has 0 saturated carbocycles. The second kappa shape index (κ2) is 4.80. The number of alkyl carbamates (subject to hydrolysis) is 1. The van der Waals surface area contributed by atoms with Crippen LogP contribution < -0.4 is 5.32 Å². The molecule has 0 unspecified atom stereocenters. The molecule has 0 aliphatic rings. The second-order valence-corrected chi connectivity index (χ2v) is 3.42. The van der Waals surface area contributed by atoms with Crippen molar-refractivity contribution < 1.29 is 28.7 Å². The van der Waals surface area contributed by atoms with Crippen LogP contribution in [0.25, 0.3) is 0 Å². The largest absolute Gasteiger partial charge is 0.480 e. The van der Waals surface area contributed by atoms with Gasteiger partial charge in [0, 0.05) is 0 Å². The van der Waals surface area contributed by atoms with E-state index in [4.69, 9.17) is 14.3 Å². The third-order valence-electron chi connectivity index (χ3n) is 0.952. The van der Waals surface area contributed by atoms with Crippen molar-refractivity contribution in [1.82, 2.24) is 5.32 Å². The maximum absolute atomic E-state index is 11.2. The van der Waals surface area contributed by atoms with Crippen LogP contribution in [0.4, 0.5) is 4.79 Å². The van der Waals surface area contributed by atoms with Gasteiger partial charge >= 0.3 is 12.1 Å². The van der Waals surface area contributed by atoms with Gasteiger partial charge in [0.15, 0.2) is 6.02 Å². The predicted molar refractivity (Wildman–Crippen MR) is 47.9 cm³/mol. The van der Waals surface area contributed by atoms with Crippen LogP contribution in [0.3, 0.4) is 0 Å². The normalized spacial score (nSPS) is 19.6. The lowest BCUT2D eigenvalue weighted by Crippen LogP contribution is -2.45. The molecular formula is C8H15NO5. The number of carboxylic acids is 1. The van der Waals surface area contributed by atoms with Crippen LogP contribution >= 0.6 is 0 Å². The number of nitrogens with one attached hydrogen (secondary N) is 1. The highest BCUT2D eigenvalue weighted by Crippen LogP contribution is 2.06. The van der Waals surface area contributed by atoms with Crippen molar-refractivity contribution in [3.8, 4) is 0 Å². The summed E-state index contributed by atoms with van der Waals surface area (Å²) in [5.41, 5.74) is -0.939. The standard InChI is InChI=1S/C8H15NO5/c1-8(2,3)14-7(13)9-5(4-10)6(11)12/h5,10H,4H2,1-3H3,(H,9,13)(H,11,12)/t5-/m0/s1/i4D2,5D. The number of aliphatic hydroxyl groups is 1. The highest BCUT2D eigenvalue weighted by molar-refractivity contribution is 5.80. The SMILES string of the molecule is [2H]C([2H])(O)[C@]([2H])(NC(=O)OC(C)(C)C)C(=O)O. The molecule has 6 nitrogen and oxygen atoms in total.